The van der Waals surface area contributed by atoms with Crippen molar-refractivity contribution in [2.45, 2.75) is 31.3 Å². The van der Waals surface area contributed by atoms with E-state index < -0.39 is 18.2 Å². The van der Waals surface area contributed by atoms with Gasteiger partial charge in [-0.05, 0) is 13.0 Å². The molecule has 0 amide bonds. The van der Waals surface area contributed by atoms with Gasteiger partial charge in [0.25, 0.3) is 0 Å². The van der Waals surface area contributed by atoms with Crippen LogP contribution in [0.2, 0.25) is 0 Å². The third-order valence-electron chi connectivity index (χ3n) is 2.84. The monoisotopic (exact) mass is 240 g/mol. The summed E-state index contributed by atoms with van der Waals surface area (Å²) in [6, 6.07) is 0. The van der Waals surface area contributed by atoms with Crippen LogP contribution in [0.3, 0.4) is 0 Å². The van der Waals surface area contributed by atoms with Gasteiger partial charge < -0.3 is 19.3 Å². The van der Waals surface area contributed by atoms with Crippen LogP contribution in [0.1, 0.15) is 6.92 Å². The molecule has 17 heavy (non-hydrogen) atoms. The van der Waals surface area contributed by atoms with Crippen molar-refractivity contribution in [2.24, 2.45) is 0 Å². The van der Waals surface area contributed by atoms with Gasteiger partial charge in [0.2, 0.25) is 0 Å². The minimum absolute atomic E-state index is 0.306. The first-order chi connectivity index (χ1) is 8.13. The number of methoxy groups -OCH3 is 1. The first-order valence-electron chi connectivity index (χ1n) is 5.55. The summed E-state index contributed by atoms with van der Waals surface area (Å²) < 4.78 is 15.6. The van der Waals surface area contributed by atoms with Crippen molar-refractivity contribution >= 4 is 5.97 Å². The summed E-state index contributed by atoms with van der Waals surface area (Å²) in [4.78, 5) is 11.4. The molecule has 0 unspecified atom stereocenters. The quantitative estimate of drug-likeness (QED) is 0.563. The Balaban J connectivity index is 2.11. The zero-order valence-electron chi connectivity index (χ0n) is 9.83. The van der Waals surface area contributed by atoms with Crippen LogP contribution in [0.4, 0.5) is 0 Å². The number of hydrogen-bond donors (Lipinski definition) is 1. The average molecular weight is 240 g/mol. The lowest BCUT2D eigenvalue weighted by Gasteiger charge is -2.28. The van der Waals surface area contributed by atoms with E-state index in [0.29, 0.717) is 12.2 Å². The largest absolute Gasteiger partial charge is 0.456 e. The first kappa shape index (κ1) is 12.3. The molecule has 0 spiro atoms. The van der Waals surface area contributed by atoms with Gasteiger partial charge in [0.15, 0.2) is 0 Å². The van der Waals surface area contributed by atoms with E-state index in [4.69, 9.17) is 14.2 Å². The molecular weight excluding hydrogens is 224 g/mol. The lowest BCUT2D eigenvalue weighted by atomic mass is 9.99. The average Bonchev–Trinajstić information content (AvgIpc) is 2.55. The Labute approximate surface area is 99.7 Å². The molecule has 2 aliphatic rings. The van der Waals surface area contributed by atoms with Crippen molar-refractivity contribution in [3.8, 4) is 0 Å². The Bertz CT molecular complexity index is 360. The van der Waals surface area contributed by atoms with Crippen molar-refractivity contribution in [2.75, 3.05) is 13.7 Å². The molecular formula is C12H16O5. The number of aliphatic hydroxyl groups is 1. The first-order valence-corrected chi connectivity index (χ1v) is 5.55. The molecule has 1 saturated heterocycles. The molecule has 1 fully saturated rings. The molecule has 0 aliphatic carbocycles. The van der Waals surface area contributed by atoms with Gasteiger partial charge in [-0.15, -0.1) is 0 Å². The molecule has 5 nitrogen and oxygen atoms in total. The Morgan fingerprint density at radius 1 is 1.59 bits per heavy atom. The summed E-state index contributed by atoms with van der Waals surface area (Å²) in [5.74, 6) is -0.402. The molecule has 2 aliphatic heterocycles. The molecule has 4 atom stereocenters. The van der Waals surface area contributed by atoms with E-state index in [0.717, 1.165) is 0 Å². The maximum atomic E-state index is 11.4. The number of esters is 1. The summed E-state index contributed by atoms with van der Waals surface area (Å²) >= 11 is 0. The van der Waals surface area contributed by atoms with Gasteiger partial charge in [0, 0.05) is 7.11 Å². The van der Waals surface area contributed by atoms with Crippen LogP contribution in [0, 0.1) is 0 Å². The Morgan fingerprint density at radius 2 is 2.35 bits per heavy atom. The molecule has 1 N–H and O–H groups in total. The Hall–Kier alpha value is -1.17. The number of fused-ring (bicyclic) bond motifs is 1. The number of ether oxygens (including phenoxy) is 3. The number of cyclic esters (lactones) is 1. The number of carbonyl (C=O) groups excluding carboxylic acids is 1. The zero-order chi connectivity index (χ0) is 12.4. The summed E-state index contributed by atoms with van der Waals surface area (Å²) in [6.07, 6.45) is 3.04. The van der Waals surface area contributed by atoms with Gasteiger partial charge >= 0.3 is 5.97 Å². The van der Waals surface area contributed by atoms with Crippen LogP contribution in [0.5, 0.6) is 0 Å². The molecule has 94 valence electrons. The summed E-state index contributed by atoms with van der Waals surface area (Å²) in [5.41, 5.74) is 0.418. The minimum atomic E-state index is -0.827. The molecule has 0 aromatic heterocycles. The normalized spacial score (nSPS) is 36.9. The Morgan fingerprint density at radius 3 is 3.06 bits per heavy atom. The number of rotatable bonds is 3. The van der Waals surface area contributed by atoms with E-state index in [9.17, 15) is 9.90 Å². The van der Waals surface area contributed by atoms with E-state index in [1.807, 2.05) is 0 Å². The maximum Gasteiger partial charge on any atom is 0.336 e. The summed E-state index contributed by atoms with van der Waals surface area (Å²) in [6.45, 7) is 2.23. The second-order valence-electron chi connectivity index (χ2n) is 4.13. The fourth-order valence-electron chi connectivity index (χ4n) is 1.99. The number of carbonyl (C=O) groups is 1. The zero-order valence-corrected chi connectivity index (χ0v) is 9.83. The minimum Gasteiger partial charge on any atom is -0.456 e. The van der Waals surface area contributed by atoms with Gasteiger partial charge in [0.1, 0.15) is 24.4 Å². The van der Waals surface area contributed by atoms with Gasteiger partial charge in [-0.25, -0.2) is 4.79 Å². The van der Waals surface area contributed by atoms with Crippen LogP contribution >= 0.6 is 0 Å². The van der Waals surface area contributed by atoms with Gasteiger partial charge in [0.05, 0.1) is 12.2 Å². The summed E-state index contributed by atoms with van der Waals surface area (Å²) in [5, 5.41) is 9.82. The molecule has 0 bridgehead atoms. The van der Waals surface area contributed by atoms with E-state index in [1.54, 1.807) is 26.2 Å². The van der Waals surface area contributed by atoms with Crippen molar-refractivity contribution in [3.63, 3.8) is 0 Å². The summed E-state index contributed by atoms with van der Waals surface area (Å²) in [7, 11) is 1.59. The molecule has 0 aromatic carbocycles. The highest BCUT2D eigenvalue weighted by atomic mass is 16.6. The van der Waals surface area contributed by atoms with E-state index >= 15 is 0 Å². The van der Waals surface area contributed by atoms with Crippen LogP contribution in [0.15, 0.2) is 23.8 Å². The lowest BCUT2D eigenvalue weighted by molar-refractivity contribution is -0.139. The molecule has 2 rings (SSSR count). The van der Waals surface area contributed by atoms with Crippen LogP contribution in [-0.2, 0) is 19.0 Å². The van der Waals surface area contributed by atoms with E-state index in [2.05, 4.69) is 0 Å². The predicted octanol–water partition coefficient (Wildman–Crippen LogP) is 0.189. The van der Waals surface area contributed by atoms with Gasteiger partial charge in [-0.3, -0.25) is 0 Å². The van der Waals surface area contributed by atoms with Crippen molar-refractivity contribution in [1.29, 1.82) is 0 Å². The smallest absolute Gasteiger partial charge is 0.336 e. The highest BCUT2D eigenvalue weighted by Gasteiger charge is 2.43. The highest BCUT2D eigenvalue weighted by Crippen LogP contribution is 2.30. The van der Waals surface area contributed by atoms with Crippen LogP contribution in [-0.4, -0.2) is 49.2 Å². The van der Waals surface area contributed by atoms with E-state index in [-0.39, 0.29) is 12.2 Å². The standard InChI is InChI=1S/C12H16O5/c1-7-11-8(12(14)16-7)6-9(13)10(17-11)4-3-5-15-2/h3-4,6-7,9-11,13H,5H2,1-2H3/b4-3+/t7-,9+,10+,11+/m0/s1. The van der Waals surface area contributed by atoms with Gasteiger partial charge in [-0.1, -0.05) is 12.2 Å². The second-order valence-corrected chi connectivity index (χ2v) is 4.13. The second kappa shape index (κ2) is 5.00. The van der Waals surface area contributed by atoms with Gasteiger partial charge in [-0.2, -0.15) is 0 Å². The number of aliphatic hydroxyl groups excluding tert-OH is 1. The van der Waals surface area contributed by atoms with Crippen LogP contribution < -0.4 is 0 Å². The van der Waals surface area contributed by atoms with Crippen molar-refractivity contribution in [1.82, 2.24) is 0 Å². The Kier molecular flexibility index (Phi) is 3.61. The SMILES string of the molecule is COC/C=C/[C@H]1O[C@H]2C(=C[C@H]1O)C(=O)O[C@H]2C. The molecule has 0 saturated carbocycles. The third kappa shape index (κ3) is 2.41. The predicted molar refractivity (Wildman–Crippen MR) is 59.3 cm³/mol. The fourth-order valence-corrected chi connectivity index (χ4v) is 1.99. The lowest BCUT2D eigenvalue weighted by Crippen LogP contribution is -2.38. The van der Waals surface area contributed by atoms with Crippen LogP contribution in [0.25, 0.3) is 0 Å². The molecule has 2 heterocycles. The topological polar surface area (TPSA) is 65.0 Å². The molecule has 5 heteroatoms. The molecule has 0 aromatic rings. The van der Waals surface area contributed by atoms with Crippen molar-refractivity contribution in [3.05, 3.63) is 23.8 Å². The number of hydrogen-bond acceptors (Lipinski definition) is 5. The van der Waals surface area contributed by atoms with Crippen molar-refractivity contribution < 1.29 is 24.1 Å². The maximum absolute atomic E-state index is 11.4. The third-order valence-corrected chi connectivity index (χ3v) is 2.84. The van der Waals surface area contributed by atoms with E-state index in [1.165, 1.54) is 6.08 Å². The fraction of sp³-hybridized carbons (Fsp3) is 0.583. The highest BCUT2D eigenvalue weighted by molar-refractivity contribution is 5.92. The molecule has 0 radical (unpaired) electrons.